The number of aliphatic hydroxyl groups excluding tert-OH is 1. The van der Waals surface area contributed by atoms with Crippen LogP contribution < -0.4 is 20.9 Å². The number of amides is 1. The van der Waals surface area contributed by atoms with Crippen LogP contribution in [0.25, 0.3) is 21.7 Å². The van der Waals surface area contributed by atoms with Crippen molar-refractivity contribution in [3.8, 4) is 11.3 Å². The summed E-state index contributed by atoms with van der Waals surface area (Å²) in [5.41, 5.74) is 8.14. The summed E-state index contributed by atoms with van der Waals surface area (Å²) in [6.07, 6.45) is 3.98. The summed E-state index contributed by atoms with van der Waals surface area (Å²) < 4.78 is 12.0. The quantitative estimate of drug-likeness (QED) is 0.359. The highest BCUT2D eigenvalue weighted by Gasteiger charge is 2.25. The molecule has 0 aliphatic carbocycles. The number of hydrogen-bond acceptors (Lipinski definition) is 11. The Hall–Kier alpha value is -3.74. The van der Waals surface area contributed by atoms with Crippen molar-refractivity contribution in [1.82, 2.24) is 15.0 Å². The number of nitrogens with one attached hydrogen (secondary N) is 1. The summed E-state index contributed by atoms with van der Waals surface area (Å²) in [6, 6.07) is 7.08. The average molecular weight is 522 g/mol. The first-order valence-electron chi connectivity index (χ1n) is 12.2. The first-order chi connectivity index (χ1) is 18.0. The van der Waals surface area contributed by atoms with Crippen molar-refractivity contribution < 1.29 is 19.1 Å². The second-order valence-corrected chi connectivity index (χ2v) is 10.1. The molecule has 2 aliphatic heterocycles. The van der Waals surface area contributed by atoms with Crippen LogP contribution in [0.2, 0.25) is 0 Å². The zero-order valence-electron chi connectivity index (χ0n) is 20.1. The summed E-state index contributed by atoms with van der Waals surface area (Å²) >= 11 is 1.55. The second-order valence-electron chi connectivity index (χ2n) is 9.12. The van der Waals surface area contributed by atoms with E-state index in [4.69, 9.17) is 24.9 Å². The molecule has 0 aromatic carbocycles. The van der Waals surface area contributed by atoms with E-state index in [0.29, 0.717) is 73.4 Å². The van der Waals surface area contributed by atoms with Crippen LogP contribution in [-0.2, 0) is 4.74 Å². The summed E-state index contributed by atoms with van der Waals surface area (Å²) in [6.45, 7) is 4.19. The fourth-order valence-corrected chi connectivity index (χ4v) is 5.55. The minimum atomic E-state index is -0.322. The molecule has 0 spiro atoms. The zero-order valence-corrected chi connectivity index (χ0v) is 20.9. The Morgan fingerprint density at radius 3 is 2.70 bits per heavy atom. The number of nitrogens with two attached hydrogens (primary N) is 1. The molecule has 4 aromatic rings. The molecule has 0 saturated carbocycles. The number of aliphatic hydroxyl groups is 1. The van der Waals surface area contributed by atoms with Crippen molar-refractivity contribution in [2.24, 2.45) is 0 Å². The molecular weight excluding hydrogens is 494 g/mol. The SMILES string of the molecule is Nc1cc(-c2cc(C(=O)Nc3cc4sc(N5CCOCC5)nc4nc3N3CCC(O)CC3)co2)ccn1. The molecule has 6 rings (SSSR count). The van der Waals surface area contributed by atoms with Gasteiger partial charge in [-0.05, 0) is 37.1 Å². The number of morpholine rings is 1. The van der Waals surface area contributed by atoms with E-state index in [1.807, 2.05) is 6.07 Å². The smallest absolute Gasteiger partial charge is 0.259 e. The molecule has 192 valence electrons. The Bertz CT molecular complexity index is 1420. The minimum Gasteiger partial charge on any atom is -0.464 e. The number of furan rings is 1. The van der Waals surface area contributed by atoms with Crippen LogP contribution in [0.5, 0.6) is 0 Å². The van der Waals surface area contributed by atoms with E-state index in [9.17, 15) is 9.90 Å². The highest BCUT2D eigenvalue weighted by atomic mass is 32.1. The minimum absolute atomic E-state index is 0.311. The van der Waals surface area contributed by atoms with E-state index < -0.39 is 0 Å². The van der Waals surface area contributed by atoms with Crippen LogP contribution in [0.4, 0.5) is 22.5 Å². The largest absolute Gasteiger partial charge is 0.464 e. The van der Waals surface area contributed by atoms with Gasteiger partial charge in [-0.1, -0.05) is 11.3 Å². The van der Waals surface area contributed by atoms with Crippen LogP contribution in [0.3, 0.4) is 0 Å². The lowest BCUT2D eigenvalue weighted by Gasteiger charge is -2.31. The van der Waals surface area contributed by atoms with Crippen molar-refractivity contribution in [1.29, 1.82) is 0 Å². The molecule has 11 nitrogen and oxygen atoms in total. The van der Waals surface area contributed by atoms with Crippen molar-refractivity contribution in [2.75, 3.05) is 60.2 Å². The number of aromatic nitrogens is 3. The summed E-state index contributed by atoms with van der Waals surface area (Å²) in [5, 5.41) is 13.9. The molecule has 4 N–H and O–H groups in total. The van der Waals surface area contributed by atoms with Gasteiger partial charge in [0.25, 0.3) is 5.91 Å². The summed E-state index contributed by atoms with van der Waals surface area (Å²) in [4.78, 5) is 31.2. The molecule has 12 heteroatoms. The van der Waals surface area contributed by atoms with E-state index in [-0.39, 0.29) is 12.0 Å². The number of pyridine rings is 2. The molecule has 2 fully saturated rings. The maximum atomic E-state index is 13.3. The van der Waals surface area contributed by atoms with Gasteiger partial charge in [0.1, 0.15) is 17.8 Å². The van der Waals surface area contributed by atoms with Crippen molar-refractivity contribution in [3.05, 3.63) is 42.3 Å². The molecule has 37 heavy (non-hydrogen) atoms. The lowest BCUT2D eigenvalue weighted by atomic mass is 10.1. The van der Waals surface area contributed by atoms with Crippen molar-refractivity contribution in [2.45, 2.75) is 18.9 Å². The average Bonchev–Trinajstić information content (AvgIpc) is 3.57. The normalized spacial score (nSPS) is 16.9. The van der Waals surface area contributed by atoms with E-state index in [0.717, 1.165) is 28.5 Å². The number of nitrogen functional groups attached to an aromatic ring is 1. The van der Waals surface area contributed by atoms with Gasteiger partial charge in [0, 0.05) is 37.9 Å². The molecule has 0 radical (unpaired) electrons. The molecule has 0 bridgehead atoms. The topological polar surface area (TPSA) is 143 Å². The molecule has 1 amide bonds. The molecule has 4 aromatic heterocycles. The second kappa shape index (κ2) is 9.96. The Kier molecular flexibility index (Phi) is 6.37. The van der Waals surface area contributed by atoms with E-state index in [2.05, 4.69) is 20.1 Å². The fraction of sp³-hybridized carbons (Fsp3) is 0.360. The van der Waals surface area contributed by atoms with Gasteiger partial charge in [0.15, 0.2) is 16.6 Å². The lowest BCUT2D eigenvalue weighted by molar-refractivity contribution is 0.102. The summed E-state index contributed by atoms with van der Waals surface area (Å²) in [7, 11) is 0. The van der Waals surface area contributed by atoms with Crippen LogP contribution in [0.15, 0.2) is 41.1 Å². The van der Waals surface area contributed by atoms with Gasteiger partial charge in [-0.15, -0.1) is 0 Å². The van der Waals surface area contributed by atoms with Crippen LogP contribution >= 0.6 is 11.3 Å². The van der Waals surface area contributed by atoms with Crippen LogP contribution in [0.1, 0.15) is 23.2 Å². The maximum absolute atomic E-state index is 13.3. The number of carbonyl (C=O) groups is 1. The van der Waals surface area contributed by atoms with Gasteiger partial charge in [0.05, 0.1) is 35.3 Å². The molecule has 2 aliphatic rings. The van der Waals surface area contributed by atoms with Gasteiger partial charge in [-0.3, -0.25) is 4.79 Å². The lowest BCUT2D eigenvalue weighted by Crippen LogP contribution is -2.37. The van der Waals surface area contributed by atoms with E-state index >= 15 is 0 Å². The van der Waals surface area contributed by atoms with Gasteiger partial charge in [0.2, 0.25) is 0 Å². The number of rotatable bonds is 5. The molecular formula is C25H27N7O4S. The third-order valence-corrected chi connectivity index (χ3v) is 7.62. The van der Waals surface area contributed by atoms with Gasteiger partial charge in [-0.25, -0.2) is 9.97 Å². The third-order valence-electron chi connectivity index (χ3n) is 6.57. The Morgan fingerprint density at radius 1 is 1.11 bits per heavy atom. The number of thiazole rings is 1. The predicted molar refractivity (Wildman–Crippen MR) is 142 cm³/mol. The first-order valence-corrected chi connectivity index (χ1v) is 13.0. The zero-order chi connectivity index (χ0) is 25.4. The number of ether oxygens (including phenoxy) is 1. The molecule has 0 atom stereocenters. The Balaban J connectivity index is 1.31. The summed E-state index contributed by atoms with van der Waals surface area (Å²) in [5.74, 6) is 1.24. The van der Waals surface area contributed by atoms with Gasteiger partial charge in [-0.2, -0.15) is 4.98 Å². The highest BCUT2D eigenvalue weighted by Crippen LogP contribution is 2.36. The monoisotopic (exact) mass is 521 g/mol. The standard InChI is InChI=1S/C25H27N7O4S/c26-21-12-15(1-4-27-21)19-11-16(14-36-19)24(34)28-18-13-20-22(29-23(18)31-5-2-17(33)3-6-31)30-25(37-20)32-7-9-35-10-8-32/h1,4,11-14,17,33H,2-3,5-10H2,(H2,26,27)(H,28,34). The number of piperidine rings is 1. The van der Waals surface area contributed by atoms with Gasteiger partial charge < -0.3 is 35.1 Å². The first kappa shape index (κ1) is 23.6. The predicted octanol–water partition coefficient (Wildman–Crippen LogP) is 2.98. The number of carbonyl (C=O) groups excluding carboxylic acids is 1. The fourth-order valence-electron chi connectivity index (χ4n) is 4.55. The molecule has 6 heterocycles. The van der Waals surface area contributed by atoms with Crippen LogP contribution in [0, 0.1) is 0 Å². The number of nitrogens with zero attached hydrogens (tertiary/aromatic N) is 5. The molecule has 0 unspecified atom stereocenters. The maximum Gasteiger partial charge on any atom is 0.259 e. The number of hydrogen-bond donors (Lipinski definition) is 3. The Morgan fingerprint density at radius 2 is 1.92 bits per heavy atom. The Labute approximate surface area is 216 Å². The third kappa shape index (κ3) is 4.95. The number of fused-ring (bicyclic) bond motifs is 1. The van der Waals surface area contributed by atoms with Crippen molar-refractivity contribution >= 4 is 50.0 Å². The number of anilines is 4. The van der Waals surface area contributed by atoms with E-state index in [1.54, 1.807) is 35.7 Å². The highest BCUT2D eigenvalue weighted by molar-refractivity contribution is 7.22. The van der Waals surface area contributed by atoms with Crippen LogP contribution in [-0.4, -0.2) is 71.5 Å². The van der Waals surface area contributed by atoms with E-state index in [1.165, 1.54) is 6.26 Å². The molecule has 2 saturated heterocycles. The van der Waals surface area contributed by atoms with Gasteiger partial charge >= 0.3 is 0 Å². The van der Waals surface area contributed by atoms with Crippen molar-refractivity contribution in [3.63, 3.8) is 0 Å².